The number of nitrogens with one attached hydrogen (secondary N) is 2. The fraction of sp³-hybridized carbons (Fsp3) is 0.273. The van der Waals surface area contributed by atoms with E-state index >= 15 is 0 Å². The highest BCUT2D eigenvalue weighted by Crippen LogP contribution is 2.52. The maximum Gasteiger partial charge on any atom is 0.230 e. The molecule has 2 N–H and O–H groups in total. The van der Waals surface area contributed by atoms with Gasteiger partial charge in [0.1, 0.15) is 26.6 Å². The summed E-state index contributed by atoms with van der Waals surface area (Å²) in [5, 5.41) is 27.5. The Bertz CT molecular complexity index is 1150. The number of benzene rings is 2. The highest BCUT2D eigenvalue weighted by molar-refractivity contribution is 8.15. The van der Waals surface area contributed by atoms with Gasteiger partial charge in [0.25, 0.3) is 0 Å². The van der Waals surface area contributed by atoms with E-state index in [2.05, 4.69) is 15.5 Å². The largest absolute Gasteiger partial charge is 0.377 e. The highest BCUT2D eigenvalue weighted by Gasteiger charge is 2.47. The molecule has 1 aromatic heterocycles. The standard InChI is InChI=1S/C22H22F2N6S2/c1-14-27-28-21(31-14)30-22(12-6-9-19(25)26-2,15-7-4-3-5-8-15)32-20(29-30)17-13-16(23)10-11-18(17)24/h3-5,7-8,10-11,13H,6,9,12H2,1-2H3,(H2,25,26). The number of hydrazone groups is 1. The van der Waals surface area contributed by atoms with Crippen LogP contribution in [0.25, 0.3) is 0 Å². The molecular weight excluding hydrogens is 450 g/mol. The normalized spacial score (nSPS) is 18.0. The van der Waals surface area contributed by atoms with Crippen molar-refractivity contribution in [1.29, 1.82) is 5.41 Å². The smallest absolute Gasteiger partial charge is 0.230 e. The number of thioether (sulfide) groups is 1. The summed E-state index contributed by atoms with van der Waals surface area (Å²) in [5.41, 5.74) is 1.08. The SMILES string of the molecule is CNC(=N)CCCC1(c2ccccc2)SC(c2cc(F)ccc2F)=NN1c1nnc(C)s1. The molecule has 3 aromatic rings. The van der Waals surface area contributed by atoms with Crippen LogP contribution in [-0.4, -0.2) is 28.1 Å². The Kier molecular flexibility index (Phi) is 6.52. The average molecular weight is 473 g/mol. The minimum Gasteiger partial charge on any atom is -0.377 e. The second-order valence-electron chi connectivity index (χ2n) is 7.28. The fourth-order valence-corrected chi connectivity index (χ4v) is 5.74. The van der Waals surface area contributed by atoms with Crippen LogP contribution in [0.4, 0.5) is 13.9 Å². The molecule has 0 saturated heterocycles. The van der Waals surface area contributed by atoms with Gasteiger partial charge in [-0.2, -0.15) is 5.10 Å². The summed E-state index contributed by atoms with van der Waals surface area (Å²) in [6, 6.07) is 13.2. The quantitative estimate of drug-likeness (QED) is 0.362. The number of anilines is 1. The monoisotopic (exact) mass is 472 g/mol. The lowest BCUT2D eigenvalue weighted by atomic mass is 9.99. The van der Waals surface area contributed by atoms with E-state index in [0.29, 0.717) is 35.3 Å². The summed E-state index contributed by atoms with van der Waals surface area (Å²) < 4.78 is 28.6. The maximum atomic E-state index is 14.7. The number of aromatic nitrogens is 2. The molecule has 0 bridgehead atoms. The third-order valence-electron chi connectivity index (χ3n) is 5.12. The average Bonchev–Trinajstić information content (AvgIpc) is 3.40. The summed E-state index contributed by atoms with van der Waals surface area (Å²) in [6.07, 6.45) is 1.84. The molecule has 1 unspecified atom stereocenters. The van der Waals surface area contributed by atoms with Gasteiger partial charge < -0.3 is 5.32 Å². The Balaban J connectivity index is 1.82. The summed E-state index contributed by atoms with van der Waals surface area (Å²) in [6.45, 7) is 1.86. The van der Waals surface area contributed by atoms with Crippen LogP contribution >= 0.6 is 23.1 Å². The molecule has 1 aliphatic heterocycles. The zero-order valence-corrected chi connectivity index (χ0v) is 19.2. The Hall–Kier alpha value is -2.85. The lowest BCUT2D eigenvalue weighted by Gasteiger charge is -2.35. The molecule has 2 heterocycles. The molecule has 32 heavy (non-hydrogen) atoms. The van der Waals surface area contributed by atoms with E-state index in [1.807, 2.05) is 37.3 Å². The van der Waals surface area contributed by atoms with E-state index < -0.39 is 16.5 Å². The van der Waals surface area contributed by atoms with Crippen LogP contribution in [0.3, 0.4) is 0 Å². The molecule has 4 rings (SSSR count). The van der Waals surface area contributed by atoms with Crippen LogP contribution in [0, 0.1) is 24.0 Å². The summed E-state index contributed by atoms with van der Waals surface area (Å²) in [4.78, 5) is -0.741. The van der Waals surface area contributed by atoms with E-state index in [9.17, 15) is 8.78 Å². The van der Waals surface area contributed by atoms with E-state index in [0.717, 1.165) is 22.7 Å². The Morgan fingerprint density at radius 3 is 2.62 bits per heavy atom. The zero-order chi connectivity index (χ0) is 22.7. The first-order valence-electron chi connectivity index (χ1n) is 10.1. The second kappa shape index (κ2) is 9.33. The Labute approximate surface area is 193 Å². The first kappa shape index (κ1) is 22.3. The highest BCUT2D eigenvalue weighted by atomic mass is 32.2. The fourth-order valence-electron chi connectivity index (χ4n) is 3.55. The molecule has 166 valence electrons. The van der Waals surface area contributed by atoms with Crippen molar-refractivity contribution < 1.29 is 8.78 Å². The van der Waals surface area contributed by atoms with Crippen molar-refractivity contribution >= 4 is 39.1 Å². The third-order valence-corrected chi connectivity index (χ3v) is 7.38. The van der Waals surface area contributed by atoms with Crippen LogP contribution in [-0.2, 0) is 4.87 Å². The zero-order valence-electron chi connectivity index (χ0n) is 17.6. The van der Waals surface area contributed by atoms with Crippen molar-refractivity contribution in [2.75, 3.05) is 12.1 Å². The van der Waals surface area contributed by atoms with Crippen molar-refractivity contribution in [1.82, 2.24) is 15.5 Å². The van der Waals surface area contributed by atoms with Crippen LogP contribution < -0.4 is 10.3 Å². The van der Waals surface area contributed by atoms with Crippen molar-refractivity contribution in [3.8, 4) is 0 Å². The first-order chi connectivity index (χ1) is 15.4. The molecular formula is C22H22F2N6S2. The number of rotatable bonds is 7. The summed E-state index contributed by atoms with van der Waals surface area (Å²) >= 11 is 2.77. The number of amidine groups is 1. The molecule has 0 spiro atoms. The molecule has 0 amide bonds. The van der Waals surface area contributed by atoms with Gasteiger partial charge in [-0.05, 0) is 43.5 Å². The number of hydrogen-bond acceptors (Lipinski definition) is 7. The van der Waals surface area contributed by atoms with Crippen LogP contribution in [0.1, 0.15) is 35.4 Å². The minimum atomic E-state index is -0.741. The summed E-state index contributed by atoms with van der Waals surface area (Å²) in [5.74, 6) is -0.624. The topological polar surface area (TPSA) is 77.3 Å². The van der Waals surface area contributed by atoms with E-state index in [4.69, 9.17) is 10.5 Å². The molecule has 1 aliphatic rings. The van der Waals surface area contributed by atoms with Gasteiger partial charge in [-0.3, -0.25) is 5.41 Å². The van der Waals surface area contributed by atoms with Gasteiger partial charge in [-0.1, -0.05) is 53.4 Å². The molecule has 0 fully saturated rings. The van der Waals surface area contributed by atoms with Gasteiger partial charge in [-0.15, -0.1) is 10.2 Å². The van der Waals surface area contributed by atoms with E-state index in [-0.39, 0.29) is 5.56 Å². The minimum absolute atomic E-state index is 0.113. The van der Waals surface area contributed by atoms with Crippen molar-refractivity contribution in [3.63, 3.8) is 0 Å². The van der Waals surface area contributed by atoms with E-state index in [1.54, 1.807) is 12.1 Å². The molecule has 0 radical (unpaired) electrons. The van der Waals surface area contributed by atoms with Gasteiger partial charge in [0, 0.05) is 19.0 Å². The van der Waals surface area contributed by atoms with Gasteiger partial charge in [0.2, 0.25) is 5.13 Å². The molecule has 6 nitrogen and oxygen atoms in total. The number of aryl methyl sites for hydroxylation is 1. The first-order valence-corrected chi connectivity index (χ1v) is 11.7. The van der Waals surface area contributed by atoms with Gasteiger partial charge in [0.05, 0.1) is 5.84 Å². The molecule has 10 heteroatoms. The number of hydrogen-bond donors (Lipinski definition) is 2. The van der Waals surface area contributed by atoms with Crippen LogP contribution in [0.2, 0.25) is 0 Å². The number of nitrogens with zero attached hydrogens (tertiary/aromatic N) is 4. The lowest BCUT2D eigenvalue weighted by molar-refractivity contribution is 0.526. The molecule has 1 atom stereocenters. The van der Waals surface area contributed by atoms with E-state index in [1.165, 1.54) is 29.2 Å². The van der Waals surface area contributed by atoms with Gasteiger partial charge >= 0.3 is 0 Å². The Morgan fingerprint density at radius 1 is 1.16 bits per heavy atom. The Morgan fingerprint density at radius 2 is 1.94 bits per heavy atom. The maximum absolute atomic E-state index is 14.7. The number of halogens is 2. The van der Waals surface area contributed by atoms with Crippen molar-refractivity contribution in [3.05, 3.63) is 76.3 Å². The van der Waals surface area contributed by atoms with Gasteiger partial charge in [-0.25, -0.2) is 13.8 Å². The molecule has 0 saturated carbocycles. The molecule has 0 aliphatic carbocycles. The van der Waals surface area contributed by atoms with Crippen LogP contribution in [0.5, 0.6) is 0 Å². The second-order valence-corrected chi connectivity index (χ2v) is 9.71. The summed E-state index contributed by atoms with van der Waals surface area (Å²) in [7, 11) is 1.73. The van der Waals surface area contributed by atoms with Crippen LogP contribution in [0.15, 0.2) is 53.6 Å². The van der Waals surface area contributed by atoms with Crippen molar-refractivity contribution in [2.45, 2.75) is 31.1 Å². The van der Waals surface area contributed by atoms with Crippen molar-refractivity contribution in [2.24, 2.45) is 5.10 Å². The lowest BCUT2D eigenvalue weighted by Crippen LogP contribution is -2.38. The predicted molar refractivity (Wildman–Crippen MR) is 126 cm³/mol. The predicted octanol–water partition coefficient (Wildman–Crippen LogP) is 5.26. The van der Waals surface area contributed by atoms with Gasteiger partial charge in [0.15, 0.2) is 0 Å². The third kappa shape index (κ3) is 4.37. The molecule has 2 aromatic carbocycles.